The molecular weight excluding hydrogens is 376 g/mol. The first-order chi connectivity index (χ1) is 13.8. The standard InChI is InChI=1S/C20H22N4O5/c1-11(2)24-18(26)14(17(25)23-20(24)28)10-22-16(19(27)29-3)8-12-9-21-15-7-5-4-6-13(12)15/h4-7,9-11,14,16,21H,8H2,1-3H3,(H,23,25,28)/t14-,16-/m0/s1. The minimum absolute atomic E-state index is 0.225. The van der Waals surface area contributed by atoms with Gasteiger partial charge >= 0.3 is 12.0 Å². The fourth-order valence-electron chi connectivity index (χ4n) is 3.26. The highest BCUT2D eigenvalue weighted by molar-refractivity contribution is 6.23. The molecule has 1 aromatic heterocycles. The first-order valence-electron chi connectivity index (χ1n) is 9.17. The maximum atomic E-state index is 12.6. The van der Waals surface area contributed by atoms with Crippen molar-refractivity contribution in [2.24, 2.45) is 10.9 Å². The number of imide groups is 2. The number of fused-ring (bicyclic) bond motifs is 1. The third-order valence-electron chi connectivity index (χ3n) is 4.73. The molecule has 3 rings (SSSR count). The van der Waals surface area contributed by atoms with Crippen molar-refractivity contribution in [1.82, 2.24) is 15.2 Å². The lowest BCUT2D eigenvalue weighted by atomic mass is 10.0. The Morgan fingerprint density at radius 3 is 2.69 bits per heavy atom. The van der Waals surface area contributed by atoms with E-state index >= 15 is 0 Å². The van der Waals surface area contributed by atoms with Crippen LogP contribution in [0.3, 0.4) is 0 Å². The fourth-order valence-corrected chi connectivity index (χ4v) is 3.26. The van der Waals surface area contributed by atoms with Crippen LogP contribution >= 0.6 is 0 Å². The van der Waals surface area contributed by atoms with E-state index in [0.29, 0.717) is 0 Å². The average Bonchev–Trinajstić information content (AvgIpc) is 3.08. The van der Waals surface area contributed by atoms with Gasteiger partial charge in [0.05, 0.1) is 7.11 Å². The number of benzene rings is 1. The third-order valence-corrected chi connectivity index (χ3v) is 4.73. The lowest BCUT2D eigenvalue weighted by Crippen LogP contribution is -2.60. The van der Waals surface area contributed by atoms with E-state index < -0.39 is 41.8 Å². The predicted molar refractivity (Wildman–Crippen MR) is 105 cm³/mol. The fraction of sp³-hybridized carbons (Fsp3) is 0.350. The molecule has 0 bridgehead atoms. The van der Waals surface area contributed by atoms with Crippen LogP contribution < -0.4 is 5.32 Å². The molecule has 2 heterocycles. The molecule has 1 saturated heterocycles. The summed E-state index contributed by atoms with van der Waals surface area (Å²) < 4.78 is 4.83. The second-order valence-corrected chi connectivity index (χ2v) is 6.97. The summed E-state index contributed by atoms with van der Waals surface area (Å²) in [5.41, 5.74) is 1.77. The van der Waals surface area contributed by atoms with E-state index in [0.717, 1.165) is 27.6 Å². The number of aromatic amines is 1. The Labute approximate surface area is 167 Å². The number of aromatic nitrogens is 1. The number of amides is 4. The van der Waals surface area contributed by atoms with E-state index in [2.05, 4.69) is 15.3 Å². The number of nitrogens with one attached hydrogen (secondary N) is 2. The van der Waals surface area contributed by atoms with Gasteiger partial charge in [-0.3, -0.25) is 24.8 Å². The van der Waals surface area contributed by atoms with Gasteiger partial charge in [-0.05, 0) is 25.5 Å². The number of H-pyrrole nitrogens is 1. The Hall–Kier alpha value is -3.49. The van der Waals surface area contributed by atoms with Crippen LogP contribution in [0.25, 0.3) is 10.9 Å². The molecule has 152 valence electrons. The summed E-state index contributed by atoms with van der Waals surface area (Å²) >= 11 is 0. The van der Waals surface area contributed by atoms with Crippen LogP contribution in [0.1, 0.15) is 19.4 Å². The highest BCUT2D eigenvalue weighted by atomic mass is 16.5. The molecule has 0 radical (unpaired) electrons. The SMILES string of the molecule is COC(=O)[C@H](Cc1c[nH]c2ccccc12)N=C[C@H]1C(=O)NC(=O)N(C(C)C)C1=O. The van der Waals surface area contributed by atoms with Crippen LogP contribution in [0.4, 0.5) is 4.79 Å². The molecule has 1 aliphatic heterocycles. The predicted octanol–water partition coefficient (Wildman–Crippen LogP) is 1.43. The van der Waals surface area contributed by atoms with Crippen LogP contribution in [-0.4, -0.2) is 59.1 Å². The van der Waals surface area contributed by atoms with Gasteiger partial charge in [0.1, 0.15) is 0 Å². The molecule has 9 heteroatoms. The van der Waals surface area contributed by atoms with Crippen LogP contribution in [-0.2, 0) is 25.5 Å². The van der Waals surface area contributed by atoms with E-state index in [9.17, 15) is 19.2 Å². The Morgan fingerprint density at radius 2 is 2.00 bits per heavy atom. The van der Waals surface area contributed by atoms with Crippen molar-refractivity contribution < 1.29 is 23.9 Å². The van der Waals surface area contributed by atoms with Gasteiger partial charge in [-0.25, -0.2) is 9.59 Å². The van der Waals surface area contributed by atoms with E-state index in [4.69, 9.17) is 4.74 Å². The smallest absolute Gasteiger partial charge is 0.331 e. The number of rotatable bonds is 6. The second-order valence-electron chi connectivity index (χ2n) is 6.97. The first-order valence-corrected chi connectivity index (χ1v) is 9.17. The molecule has 1 aromatic carbocycles. The maximum absolute atomic E-state index is 12.6. The van der Waals surface area contributed by atoms with Crippen molar-refractivity contribution in [1.29, 1.82) is 0 Å². The summed E-state index contributed by atoms with van der Waals surface area (Å²) in [6.07, 6.45) is 3.13. The topological polar surface area (TPSA) is 121 Å². The number of ether oxygens (including phenoxy) is 1. The van der Waals surface area contributed by atoms with Gasteiger partial charge in [-0.15, -0.1) is 0 Å². The van der Waals surface area contributed by atoms with Crippen molar-refractivity contribution in [2.75, 3.05) is 7.11 Å². The van der Waals surface area contributed by atoms with E-state index in [-0.39, 0.29) is 6.42 Å². The largest absolute Gasteiger partial charge is 0.467 e. The summed E-state index contributed by atoms with van der Waals surface area (Å²) in [7, 11) is 1.25. The van der Waals surface area contributed by atoms with Gasteiger partial charge < -0.3 is 9.72 Å². The first kappa shape index (κ1) is 20.2. The quantitative estimate of drug-likeness (QED) is 0.433. The number of nitrogens with zero attached hydrogens (tertiary/aromatic N) is 2. The lowest BCUT2D eigenvalue weighted by molar-refractivity contribution is -0.143. The van der Waals surface area contributed by atoms with Gasteiger partial charge in [0, 0.05) is 35.8 Å². The molecule has 0 spiro atoms. The zero-order valence-corrected chi connectivity index (χ0v) is 16.3. The van der Waals surface area contributed by atoms with Crippen molar-refractivity contribution in [3.05, 3.63) is 36.0 Å². The summed E-state index contributed by atoms with van der Waals surface area (Å²) in [4.78, 5) is 57.1. The molecule has 4 amide bonds. The number of carbonyl (C=O) groups is 4. The molecule has 1 fully saturated rings. The molecule has 0 saturated carbocycles. The molecular formula is C20H22N4O5. The summed E-state index contributed by atoms with van der Waals surface area (Å²) in [5, 5.41) is 3.09. The van der Waals surface area contributed by atoms with Crippen LogP contribution in [0.2, 0.25) is 0 Å². The molecule has 29 heavy (non-hydrogen) atoms. The summed E-state index contributed by atoms with van der Waals surface area (Å²) in [5.74, 6) is -3.32. The number of esters is 1. The van der Waals surface area contributed by atoms with Gasteiger partial charge in [-0.2, -0.15) is 0 Å². The summed E-state index contributed by atoms with van der Waals surface area (Å²) in [6.45, 7) is 3.32. The highest BCUT2D eigenvalue weighted by Gasteiger charge is 2.41. The lowest BCUT2D eigenvalue weighted by Gasteiger charge is -2.31. The zero-order valence-electron chi connectivity index (χ0n) is 16.3. The number of hydrogen-bond donors (Lipinski definition) is 2. The number of barbiturate groups is 1. The number of urea groups is 1. The Balaban J connectivity index is 1.85. The Morgan fingerprint density at radius 1 is 1.28 bits per heavy atom. The zero-order chi connectivity index (χ0) is 21.1. The van der Waals surface area contributed by atoms with Crippen LogP contribution in [0.15, 0.2) is 35.5 Å². The van der Waals surface area contributed by atoms with E-state index in [1.807, 2.05) is 24.3 Å². The van der Waals surface area contributed by atoms with Gasteiger partial charge in [-0.1, -0.05) is 18.2 Å². The number of aliphatic imine (C=N–C) groups is 1. The molecule has 1 aliphatic rings. The summed E-state index contributed by atoms with van der Waals surface area (Å²) in [6, 6.07) is 5.50. The molecule has 2 N–H and O–H groups in total. The third kappa shape index (κ3) is 4.03. The van der Waals surface area contributed by atoms with Crippen molar-refractivity contribution in [2.45, 2.75) is 32.4 Å². The number of carbonyl (C=O) groups excluding carboxylic acids is 4. The van der Waals surface area contributed by atoms with Crippen molar-refractivity contribution >= 4 is 40.9 Å². The molecule has 0 unspecified atom stereocenters. The van der Waals surface area contributed by atoms with E-state index in [1.165, 1.54) is 7.11 Å². The van der Waals surface area contributed by atoms with Crippen molar-refractivity contribution in [3.8, 4) is 0 Å². The van der Waals surface area contributed by atoms with Gasteiger partial charge in [0.15, 0.2) is 12.0 Å². The van der Waals surface area contributed by atoms with Crippen molar-refractivity contribution in [3.63, 3.8) is 0 Å². The minimum Gasteiger partial charge on any atom is -0.467 e. The van der Waals surface area contributed by atoms with Gasteiger partial charge in [0.25, 0.3) is 0 Å². The molecule has 2 atom stereocenters. The van der Waals surface area contributed by atoms with E-state index in [1.54, 1.807) is 20.0 Å². The molecule has 2 aromatic rings. The second kappa shape index (κ2) is 8.26. The number of hydrogen-bond acceptors (Lipinski definition) is 6. The molecule has 0 aliphatic carbocycles. The average molecular weight is 398 g/mol. The normalized spacial score (nSPS) is 18.6. The Kier molecular flexibility index (Phi) is 5.76. The van der Waals surface area contributed by atoms with Crippen LogP contribution in [0.5, 0.6) is 0 Å². The van der Waals surface area contributed by atoms with Crippen LogP contribution in [0, 0.1) is 5.92 Å². The van der Waals surface area contributed by atoms with Gasteiger partial charge in [0.2, 0.25) is 11.8 Å². The monoisotopic (exact) mass is 398 g/mol. The number of methoxy groups -OCH3 is 1. The minimum atomic E-state index is -1.29. The Bertz CT molecular complexity index is 994. The highest BCUT2D eigenvalue weighted by Crippen LogP contribution is 2.20. The maximum Gasteiger partial charge on any atom is 0.331 e. The number of para-hydroxylation sites is 1. The molecule has 9 nitrogen and oxygen atoms in total.